The molecule has 6 aliphatic heterocycles. The van der Waals surface area contributed by atoms with E-state index in [1.807, 2.05) is 113 Å². The Kier molecular flexibility index (Phi) is 12.7. The molecule has 9 aromatic rings. The lowest BCUT2D eigenvalue weighted by atomic mass is 9.96. The van der Waals surface area contributed by atoms with E-state index in [-0.39, 0.29) is 0 Å². The number of aryl methyl sites for hydroxylation is 3. The molecule has 18 heteroatoms. The van der Waals surface area contributed by atoms with Gasteiger partial charge in [0, 0.05) is 141 Å². The van der Waals surface area contributed by atoms with Crippen molar-refractivity contribution in [2.24, 2.45) is 0 Å². The first-order valence-electron chi connectivity index (χ1n) is 27.2. The Hall–Kier alpha value is -8.73. The number of hydrogen-bond acceptors (Lipinski definition) is 12. The van der Waals surface area contributed by atoms with Gasteiger partial charge in [0.05, 0.1) is 36.8 Å². The molecule has 1 unspecified atom stereocenters. The van der Waals surface area contributed by atoms with Crippen LogP contribution in [0, 0.1) is 40.5 Å². The summed E-state index contributed by atoms with van der Waals surface area (Å²) in [5.41, 5.74) is 13.8. The first-order chi connectivity index (χ1) is 38.1. The van der Waals surface area contributed by atoms with Crippen LogP contribution < -0.4 is 31.9 Å². The molecule has 6 fully saturated rings. The Labute approximate surface area is 452 Å². The lowest BCUT2D eigenvalue weighted by Crippen LogP contribution is -2.34. The number of benzene rings is 3. The summed E-state index contributed by atoms with van der Waals surface area (Å²) in [5.74, 6) is 2.08. The SMILES string of the molecule is [C-]#[N+]c1ccc2c(-c3nc(N[C@@H]4C[C@@H]5CCC4N5)ncc3C)c[nH]c2c1.[C-]#[N+]c1ccc2c(-c3nc(N[C@@H]4C[C@@H]5CC[C@H]4N5)ncc3C)c[nH]c2c1.[C-]#[N+]c1ccc2c(-c3nc(N[C@H]4C[C@H]5CC[C@@H]4N5)ncc3C)c[nH]c2c1. The molecular weight excluding hydrogens is 973 g/mol. The topological polar surface area (TPSA) is 210 Å². The van der Waals surface area contributed by atoms with Crippen molar-refractivity contribution in [1.29, 1.82) is 0 Å². The quantitative estimate of drug-likeness (QED) is 0.0619. The van der Waals surface area contributed by atoms with Crippen molar-refractivity contribution in [2.45, 2.75) is 133 Å². The standard InChI is InChI=1S/3C20H20N6/c3*1-11-9-23-20(25-18-8-13-4-6-16(18)24-13)26-19(11)15-10-22-17-7-12(21-2)3-5-14(15)17/h3*3,5,7,9-10,13,16,18,22,24H,4,6,8H2,1H3,(H,23,25,26)/t13-,16?,18+;2*13-,16+,18+/m010/s1. The summed E-state index contributed by atoms with van der Waals surface area (Å²) in [6, 6.07) is 21.9. The van der Waals surface area contributed by atoms with E-state index < -0.39 is 0 Å². The van der Waals surface area contributed by atoms with Gasteiger partial charge in [-0.25, -0.2) is 44.4 Å². The Bertz CT molecular complexity index is 3490. The van der Waals surface area contributed by atoms with Crippen LogP contribution in [0.4, 0.5) is 34.9 Å². The van der Waals surface area contributed by atoms with Gasteiger partial charge in [0.25, 0.3) is 0 Å². The summed E-state index contributed by atoms with van der Waals surface area (Å²) in [4.78, 5) is 48.3. The predicted octanol–water partition coefficient (Wildman–Crippen LogP) is 11.4. The minimum atomic E-state index is 0.411. The van der Waals surface area contributed by atoms with Crippen LogP contribution >= 0.6 is 0 Å². The zero-order valence-corrected chi connectivity index (χ0v) is 43.7. The number of aromatic amines is 3. The number of fused-ring (bicyclic) bond motifs is 9. The van der Waals surface area contributed by atoms with Crippen LogP contribution in [0.1, 0.15) is 74.5 Å². The van der Waals surface area contributed by atoms with Crippen LogP contribution in [-0.2, 0) is 0 Å². The zero-order valence-electron chi connectivity index (χ0n) is 43.7. The first kappa shape index (κ1) is 48.9. The van der Waals surface area contributed by atoms with Crippen molar-refractivity contribution < 1.29 is 0 Å². The molecule has 6 saturated heterocycles. The van der Waals surface area contributed by atoms with Gasteiger partial charge in [-0.05, 0) is 113 Å². The molecule has 15 rings (SSSR count). The van der Waals surface area contributed by atoms with E-state index in [1.165, 1.54) is 38.5 Å². The lowest BCUT2D eigenvalue weighted by Gasteiger charge is -2.21. The van der Waals surface area contributed by atoms with Gasteiger partial charge in [0.2, 0.25) is 17.8 Å². The van der Waals surface area contributed by atoms with Crippen molar-refractivity contribution in [1.82, 2.24) is 60.8 Å². The third kappa shape index (κ3) is 9.40. The third-order valence-corrected chi connectivity index (χ3v) is 16.9. The Balaban J connectivity index is 0.000000111. The average molecular weight is 1030 g/mol. The van der Waals surface area contributed by atoms with Gasteiger partial charge in [0.15, 0.2) is 17.1 Å². The second kappa shape index (κ2) is 20.3. The number of rotatable bonds is 9. The Morgan fingerprint density at radius 3 is 1.00 bits per heavy atom. The van der Waals surface area contributed by atoms with E-state index in [4.69, 9.17) is 34.7 Å². The molecule has 6 bridgehead atoms. The van der Waals surface area contributed by atoms with Gasteiger partial charge in [-0.1, -0.05) is 36.4 Å². The highest BCUT2D eigenvalue weighted by atomic mass is 15.2. The molecule has 3 aromatic carbocycles. The minimum absolute atomic E-state index is 0.411. The highest BCUT2D eigenvalue weighted by Crippen LogP contribution is 2.38. The molecule has 18 nitrogen and oxygen atoms in total. The van der Waals surface area contributed by atoms with Crippen LogP contribution in [-0.4, -0.2) is 99.2 Å². The number of nitrogens with zero attached hydrogens (tertiary/aromatic N) is 9. The summed E-state index contributed by atoms with van der Waals surface area (Å²) in [6.45, 7) is 27.6. The van der Waals surface area contributed by atoms with Crippen molar-refractivity contribution >= 4 is 67.6 Å². The van der Waals surface area contributed by atoms with E-state index in [9.17, 15) is 0 Å². The first-order valence-corrected chi connectivity index (χ1v) is 27.2. The number of H-pyrrole nitrogens is 3. The summed E-state index contributed by atoms with van der Waals surface area (Å²) in [5, 5.41) is 24.7. The number of nitrogens with one attached hydrogen (secondary N) is 9. The van der Waals surface area contributed by atoms with Gasteiger partial charge in [-0.3, -0.25) is 0 Å². The molecule has 9 N–H and O–H groups in total. The summed E-state index contributed by atoms with van der Waals surface area (Å²) < 4.78 is 0. The molecule has 6 aromatic heterocycles. The fourth-order valence-electron chi connectivity index (χ4n) is 12.9. The minimum Gasteiger partial charge on any atom is -0.362 e. The van der Waals surface area contributed by atoms with Crippen LogP contribution in [0.2, 0.25) is 0 Å². The lowest BCUT2D eigenvalue weighted by molar-refractivity contribution is 0.525. The van der Waals surface area contributed by atoms with Gasteiger partial charge in [-0.2, -0.15) is 0 Å². The molecule has 9 atom stereocenters. The molecule has 0 amide bonds. The summed E-state index contributed by atoms with van der Waals surface area (Å²) in [6.07, 6.45) is 22.5. The maximum Gasteiger partial charge on any atom is 0.223 e. The molecule has 390 valence electrons. The Morgan fingerprint density at radius 1 is 0.436 bits per heavy atom. The molecule has 6 aliphatic rings. The fraction of sp³-hybridized carbons (Fsp3) is 0.350. The van der Waals surface area contributed by atoms with Crippen molar-refractivity contribution in [2.75, 3.05) is 16.0 Å². The normalized spacial score (nSPS) is 24.1. The second-order valence-electron chi connectivity index (χ2n) is 21.9. The van der Waals surface area contributed by atoms with Crippen LogP contribution in [0.3, 0.4) is 0 Å². The highest BCUT2D eigenvalue weighted by Gasteiger charge is 2.41. The molecule has 0 saturated carbocycles. The van der Waals surface area contributed by atoms with Crippen molar-refractivity contribution in [3.05, 3.63) is 143 Å². The fourth-order valence-corrected chi connectivity index (χ4v) is 12.9. The van der Waals surface area contributed by atoms with Crippen molar-refractivity contribution in [3.63, 3.8) is 0 Å². The second-order valence-corrected chi connectivity index (χ2v) is 21.9. The van der Waals surface area contributed by atoms with E-state index >= 15 is 0 Å². The van der Waals surface area contributed by atoms with Gasteiger partial charge >= 0.3 is 0 Å². The highest BCUT2D eigenvalue weighted by molar-refractivity contribution is 5.99. The molecule has 78 heavy (non-hydrogen) atoms. The van der Waals surface area contributed by atoms with Gasteiger partial charge < -0.3 is 46.9 Å². The molecule has 0 aliphatic carbocycles. The predicted molar refractivity (Wildman–Crippen MR) is 307 cm³/mol. The smallest absolute Gasteiger partial charge is 0.223 e. The molecule has 12 heterocycles. The maximum atomic E-state index is 7.17. The molecular formula is C60H60N18. The van der Waals surface area contributed by atoms with Crippen LogP contribution in [0.25, 0.3) is 81.0 Å². The number of hydrogen-bond donors (Lipinski definition) is 9. The number of aromatic nitrogens is 9. The zero-order chi connectivity index (χ0) is 53.0. The van der Waals surface area contributed by atoms with E-state index in [1.54, 1.807) is 0 Å². The Morgan fingerprint density at radius 2 is 0.744 bits per heavy atom. The van der Waals surface area contributed by atoms with E-state index in [0.717, 1.165) is 102 Å². The number of anilines is 3. The van der Waals surface area contributed by atoms with Crippen LogP contribution in [0.15, 0.2) is 91.8 Å². The third-order valence-electron chi connectivity index (χ3n) is 16.9. The van der Waals surface area contributed by atoms with Crippen LogP contribution in [0.5, 0.6) is 0 Å². The maximum absolute atomic E-state index is 7.17. The average Bonchev–Trinajstić information content (AvgIpc) is 4.39. The summed E-state index contributed by atoms with van der Waals surface area (Å²) >= 11 is 0. The summed E-state index contributed by atoms with van der Waals surface area (Å²) in [7, 11) is 0. The molecule has 0 radical (unpaired) electrons. The monoisotopic (exact) mass is 1030 g/mol. The van der Waals surface area contributed by atoms with Gasteiger partial charge in [0.1, 0.15) is 0 Å². The van der Waals surface area contributed by atoms with Crippen molar-refractivity contribution in [3.8, 4) is 33.8 Å². The van der Waals surface area contributed by atoms with Gasteiger partial charge in [-0.15, -0.1) is 0 Å². The largest absolute Gasteiger partial charge is 0.362 e. The van der Waals surface area contributed by atoms with E-state index in [0.29, 0.717) is 89.3 Å². The van der Waals surface area contributed by atoms with E-state index in [2.05, 4.69) is 76.3 Å². The molecule has 0 spiro atoms.